The quantitative estimate of drug-likeness (QED) is 0.424. The minimum atomic E-state index is -0.845. The molecule has 7 heteroatoms. The fraction of sp³-hybridized carbons (Fsp3) is 0.321. The lowest BCUT2D eigenvalue weighted by molar-refractivity contribution is 0.0460. The van der Waals surface area contributed by atoms with Gasteiger partial charge in [0, 0.05) is 4.88 Å². The standard InChI is InChI=1S/C28H29N3O3S/c1-5-21-14-23-25(33)30(17-24(32)28(2,3)4)27(34)31(26(23)35-21)16-18-10-12-19(13-11-18)22-9-7-6-8-20(22)15-29/h6-14,24,32H,5,16-17H2,1-4H3. The molecule has 0 aliphatic rings. The van der Waals surface area contributed by atoms with Crippen molar-refractivity contribution in [3.8, 4) is 17.2 Å². The van der Waals surface area contributed by atoms with Gasteiger partial charge in [-0.1, -0.05) is 70.2 Å². The normalized spacial score (nSPS) is 12.6. The Morgan fingerprint density at radius 3 is 2.37 bits per heavy atom. The van der Waals surface area contributed by atoms with E-state index >= 15 is 0 Å². The van der Waals surface area contributed by atoms with Gasteiger partial charge in [-0.3, -0.25) is 13.9 Å². The lowest BCUT2D eigenvalue weighted by Crippen LogP contribution is -2.44. The average Bonchev–Trinajstić information content (AvgIpc) is 3.29. The highest BCUT2D eigenvalue weighted by atomic mass is 32.1. The number of thiophene rings is 1. The molecule has 35 heavy (non-hydrogen) atoms. The van der Waals surface area contributed by atoms with E-state index in [4.69, 9.17) is 0 Å². The summed E-state index contributed by atoms with van der Waals surface area (Å²) in [7, 11) is 0. The fourth-order valence-corrected chi connectivity index (χ4v) is 5.05. The first-order valence-corrected chi connectivity index (χ1v) is 12.5. The Hall–Kier alpha value is -3.47. The number of aromatic nitrogens is 2. The Morgan fingerprint density at radius 2 is 1.74 bits per heavy atom. The highest BCUT2D eigenvalue weighted by Gasteiger charge is 2.25. The van der Waals surface area contributed by atoms with Crippen LogP contribution in [-0.2, 0) is 19.5 Å². The van der Waals surface area contributed by atoms with Crippen molar-refractivity contribution in [1.82, 2.24) is 9.13 Å². The Morgan fingerprint density at radius 1 is 1.06 bits per heavy atom. The molecule has 1 atom stereocenters. The summed E-state index contributed by atoms with van der Waals surface area (Å²) in [6.45, 7) is 7.90. The fourth-order valence-electron chi connectivity index (χ4n) is 3.98. The van der Waals surface area contributed by atoms with Gasteiger partial charge in [0.25, 0.3) is 5.56 Å². The van der Waals surface area contributed by atoms with Crippen LogP contribution in [0.1, 0.15) is 43.7 Å². The summed E-state index contributed by atoms with van der Waals surface area (Å²) < 4.78 is 2.80. The summed E-state index contributed by atoms with van der Waals surface area (Å²) in [4.78, 5) is 28.4. The molecular formula is C28H29N3O3S. The Bertz CT molecular complexity index is 1530. The van der Waals surface area contributed by atoms with E-state index in [0.29, 0.717) is 22.3 Å². The molecule has 0 saturated heterocycles. The SMILES string of the molecule is CCc1cc2c(=O)n(CC(O)C(C)(C)C)c(=O)n(Cc3ccc(-c4ccccc4C#N)cc3)c2s1. The zero-order valence-corrected chi connectivity index (χ0v) is 21.2. The minimum absolute atomic E-state index is 0.0572. The molecule has 1 N–H and O–H groups in total. The molecule has 2 heterocycles. The van der Waals surface area contributed by atoms with Crippen molar-refractivity contribution in [2.45, 2.75) is 53.3 Å². The molecule has 180 valence electrons. The van der Waals surface area contributed by atoms with E-state index < -0.39 is 17.2 Å². The molecule has 4 aromatic rings. The number of benzene rings is 2. The smallest absolute Gasteiger partial charge is 0.332 e. The summed E-state index contributed by atoms with van der Waals surface area (Å²) in [5.41, 5.74) is 2.04. The average molecular weight is 488 g/mol. The first kappa shape index (κ1) is 24.6. The van der Waals surface area contributed by atoms with Crippen LogP contribution in [0.4, 0.5) is 0 Å². The third kappa shape index (κ3) is 4.86. The molecule has 0 spiro atoms. The van der Waals surface area contributed by atoms with Crippen LogP contribution in [0, 0.1) is 16.7 Å². The Labute approximate surface area is 208 Å². The number of rotatable bonds is 6. The topological polar surface area (TPSA) is 88.0 Å². The number of nitrogens with zero attached hydrogens (tertiary/aromatic N) is 3. The number of nitriles is 1. The highest BCUT2D eigenvalue weighted by Crippen LogP contribution is 2.26. The number of aliphatic hydroxyl groups is 1. The summed E-state index contributed by atoms with van der Waals surface area (Å²) in [6, 6.07) is 19.3. The zero-order valence-electron chi connectivity index (χ0n) is 20.4. The maximum Gasteiger partial charge on any atom is 0.332 e. The van der Waals surface area contributed by atoms with Crippen LogP contribution in [0.25, 0.3) is 21.3 Å². The van der Waals surface area contributed by atoms with E-state index in [0.717, 1.165) is 28.0 Å². The zero-order chi connectivity index (χ0) is 25.3. The summed E-state index contributed by atoms with van der Waals surface area (Å²) in [5.74, 6) is 0. The molecule has 0 aliphatic heterocycles. The van der Waals surface area contributed by atoms with Crippen molar-refractivity contribution in [3.05, 3.63) is 91.4 Å². The maximum atomic E-state index is 13.5. The number of hydrogen-bond acceptors (Lipinski definition) is 5. The van der Waals surface area contributed by atoms with Gasteiger partial charge in [-0.25, -0.2) is 4.79 Å². The minimum Gasteiger partial charge on any atom is -0.391 e. The van der Waals surface area contributed by atoms with Crippen molar-refractivity contribution in [1.29, 1.82) is 5.26 Å². The van der Waals surface area contributed by atoms with Crippen molar-refractivity contribution >= 4 is 21.6 Å². The van der Waals surface area contributed by atoms with Crippen LogP contribution in [0.2, 0.25) is 0 Å². The Kier molecular flexibility index (Phi) is 6.79. The van der Waals surface area contributed by atoms with Gasteiger partial charge in [0.1, 0.15) is 4.83 Å². The van der Waals surface area contributed by atoms with E-state index in [1.165, 1.54) is 15.9 Å². The van der Waals surface area contributed by atoms with Gasteiger partial charge in [0.05, 0.1) is 36.2 Å². The predicted octanol–water partition coefficient (Wildman–Crippen LogP) is 4.78. The van der Waals surface area contributed by atoms with Crippen molar-refractivity contribution in [2.75, 3.05) is 0 Å². The van der Waals surface area contributed by atoms with Gasteiger partial charge in [0.15, 0.2) is 0 Å². The van der Waals surface area contributed by atoms with Crippen LogP contribution in [0.15, 0.2) is 64.2 Å². The third-order valence-corrected chi connectivity index (χ3v) is 7.61. The molecule has 0 radical (unpaired) electrons. The summed E-state index contributed by atoms with van der Waals surface area (Å²) >= 11 is 1.46. The van der Waals surface area contributed by atoms with E-state index in [9.17, 15) is 20.0 Å². The lowest BCUT2D eigenvalue weighted by Gasteiger charge is -2.26. The van der Waals surface area contributed by atoms with Crippen LogP contribution >= 0.6 is 11.3 Å². The largest absolute Gasteiger partial charge is 0.391 e. The van der Waals surface area contributed by atoms with Crippen molar-refractivity contribution in [2.24, 2.45) is 5.41 Å². The second kappa shape index (κ2) is 9.65. The molecule has 4 rings (SSSR count). The number of fused-ring (bicyclic) bond motifs is 1. The summed E-state index contributed by atoms with van der Waals surface area (Å²) in [6.07, 6.45) is -0.0764. The number of aryl methyl sites for hydroxylation is 1. The maximum absolute atomic E-state index is 13.5. The van der Waals surface area contributed by atoms with Crippen LogP contribution in [0.3, 0.4) is 0 Å². The first-order chi connectivity index (χ1) is 16.6. The van der Waals surface area contributed by atoms with Gasteiger partial charge in [-0.05, 0) is 40.7 Å². The van der Waals surface area contributed by atoms with Gasteiger partial charge in [-0.2, -0.15) is 5.26 Å². The van der Waals surface area contributed by atoms with Crippen LogP contribution in [-0.4, -0.2) is 20.3 Å². The van der Waals surface area contributed by atoms with E-state index in [1.807, 2.05) is 76.2 Å². The van der Waals surface area contributed by atoms with Crippen molar-refractivity contribution < 1.29 is 5.11 Å². The lowest BCUT2D eigenvalue weighted by atomic mass is 9.89. The monoisotopic (exact) mass is 487 g/mol. The molecule has 0 amide bonds. The molecule has 2 aromatic heterocycles. The first-order valence-electron chi connectivity index (χ1n) is 11.7. The van der Waals surface area contributed by atoms with Gasteiger partial charge in [-0.15, -0.1) is 11.3 Å². The third-order valence-electron chi connectivity index (χ3n) is 6.30. The second-order valence-electron chi connectivity index (χ2n) is 9.81. The predicted molar refractivity (Wildman–Crippen MR) is 141 cm³/mol. The molecule has 0 bridgehead atoms. The molecule has 0 saturated carbocycles. The van der Waals surface area contributed by atoms with E-state index in [-0.39, 0.29) is 12.1 Å². The number of aliphatic hydroxyl groups excluding tert-OH is 1. The molecule has 2 aromatic carbocycles. The van der Waals surface area contributed by atoms with Crippen LogP contribution in [0.5, 0.6) is 0 Å². The van der Waals surface area contributed by atoms with Crippen molar-refractivity contribution in [3.63, 3.8) is 0 Å². The molecule has 0 aliphatic carbocycles. The molecule has 6 nitrogen and oxygen atoms in total. The molecular weight excluding hydrogens is 458 g/mol. The highest BCUT2D eigenvalue weighted by molar-refractivity contribution is 7.18. The Balaban J connectivity index is 1.78. The van der Waals surface area contributed by atoms with E-state index in [2.05, 4.69) is 6.07 Å². The summed E-state index contributed by atoms with van der Waals surface area (Å²) in [5, 5.41) is 20.6. The van der Waals surface area contributed by atoms with Gasteiger partial charge in [0.2, 0.25) is 0 Å². The molecule has 1 unspecified atom stereocenters. The number of hydrogen-bond donors (Lipinski definition) is 1. The van der Waals surface area contributed by atoms with E-state index in [1.54, 1.807) is 10.6 Å². The van der Waals surface area contributed by atoms with Gasteiger partial charge < -0.3 is 5.11 Å². The van der Waals surface area contributed by atoms with Crippen LogP contribution < -0.4 is 11.2 Å². The second-order valence-corrected chi connectivity index (χ2v) is 10.9. The molecule has 0 fully saturated rings. The van der Waals surface area contributed by atoms with Gasteiger partial charge >= 0.3 is 5.69 Å².